The Hall–Kier alpha value is -0.560. The van der Waals surface area contributed by atoms with E-state index in [-0.39, 0.29) is 6.10 Å². The molecule has 0 spiro atoms. The fraction of sp³-hybridized carbons (Fsp3) is 0.600. The maximum absolute atomic E-state index is 9.58. The smallest absolute Gasteiger partial charge is 0.0955 e. The van der Waals surface area contributed by atoms with Gasteiger partial charge < -0.3 is 5.11 Å². The summed E-state index contributed by atoms with van der Waals surface area (Å²) in [5.74, 6) is 0. The van der Waals surface area contributed by atoms with Crippen molar-refractivity contribution in [3.63, 3.8) is 0 Å². The lowest BCUT2D eigenvalue weighted by molar-refractivity contribution is 0.240. The molecule has 0 heterocycles. The van der Waals surface area contributed by atoms with Gasteiger partial charge in [0.25, 0.3) is 0 Å². The van der Waals surface area contributed by atoms with Crippen molar-refractivity contribution in [3.05, 3.63) is 23.8 Å². The molecule has 0 amide bonds. The normalized spacial score (nSPS) is 20.7. The third-order valence-electron chi connectivity index (χ3n) is 2.14. The third kappa shape index (κ3) is 2.19. The summed E-state index contributed by atoms with van der Waals surface area (Å²) in [6, 6.07) is 0. The molecule has 62 valence electrons. The first-order chi connectivity index (χ1) is 5.22. The Morgan fingerprint density at radius 3 is 2.82 bits per heavy atom. The average Bonchev–Trinajstić information content (AvgIpc) is 2.05. The molecule has 1 atom stereocenters. The van der Waals surface area contributed by atoms with Crippen molar-refractivity contribution in [3.8, 4) is 0 Å². The van der Waals surface area contributed by atoms with E-state index < -0.39 is 0 Å². The van der Waals surface area contributed by atoms with Crippen molar-refractivity contribution in [2.75, 3.05) is 0 Å². The molecule has 0 aliphatic heterocycles. The monoisotopic (exact) mass is 152 g/mol. The van der Waals surface area contributed by atoms with Gasteiger partial charge >= 0.3 is 0 Å². The molecule has 1 nitrogen and oxygen atoms in total. The minimum atomic E-state index is -0.379. The molecule has 1 aliphatic carbocycles. The zero-order valence-electron chi connectivity index (χ0n) is 7.14. The van der Waals surface area contributed by atoms with E-state index in [0.29, 0.717) is 0 Å². The zero-order valence-corrected chi connectivity index (χ0v) is 7.14. The Bertz CT molecular complexity index is 179. The molecule has 0 saturated heterocycles. The van der Waals surface area contributed by atoms with Crippen LogP contribution in [0.1, 0.15) is 32.6 Å². The standard InChI is InChI=1S/C10H16O/c1-8(2)10(11)9-6-4-3-5-7-9/h6,10-11H,1,3-5,7H2,2H3. The fourth-order valence-electron chi connectivity index (χ4n) is 1.43. The molecule has 11 heavy (non-hydrogen) atoms. The van der Waals surface area contributed by atoms with Gasteiger partial charge in [-0.05, 0) is 43.8 Å². The topological polar surface area (TPSA) is 20.2 Å². The van der Waals surface area contributed by atoms with Gasteiger partial charge in [0.05, 0.1) is 6.10 Å². The summed E-state index contributed by atoms with van der Waals surface area (Å²) in [5, 5.41) is 9.58. The Morgan fingerprint density at radius 1 is 1.64 bits per heavy atom. The summed E-state index contributed by atoms with van der Waals surface area (Å²) in [6.07, 6.45) is 6.44. The molecule has 0 aromatic heterocycles. The van der Waals surface area contributed by atoms with Crippen LogP contribution in [0.4, 0.5) is 0 Å². The van der Waals surface area contributed by atoms with Gasteiger partial charge in [0, 0.05) is 0 Å². The van der Waals surface area contributed by atoms with Crippen LogP contribution in [0.3, 0.4) is 0 Å². The van der Waals surface area contributed by atoms with Crippen molar-refractivity contribution < 1.29 is 5.11 Å². The van der Waals surface area contributed by atoms with Crippen molar-refractivity contribution in [2.24, 2.45) is 0 Å². The van der Waals surface area contributed by atoms with Gasteiger partial charge in [-0.15, -0.1) is 0 Å². The second kappa shape index (κ2) is 3.72. The van der Waals surface area contributed by atoms with Crippen LogP contribution >= 0.6 is 0 Å². The fourth-order valence-corrected chi connectivity index (χ4v) is 1.43. The molecule has 0 aromatic rings. The maximum Gasteiger partial charge on any atom is 0.0955 e. The predicted molar refractivity (Wildman–Crippen MR) is 47.4 cm³/mol. The first kappa shape index (κ1) is 8.54. The van der Waals surface area contributed by atoms with Crippen LogP contribution in [0.15, 0.2) is 23.8 Å². The van der Waals surface area contributed by atoms with E-state index in [4.69, 9.17) is 0 Å². The van der Waals surface area contributed by atoms with Crippen molar-refractivity contribution >= 4 is 0 Å². The third-order valence-corrected chi connectivity index (χ3v) is 2.14. The van der Waals surface area contributed by atoms with Gasteiger partial charge in [-0.3, -0.25) is 0 Å². The average molecular weight is 152 g/mol. The molecule has 1 unspecified atom stereocenters. The van der Waals surface area contributed by atoms with E-state index in [1.807, 2.05) is 6.92 Å². The highest BCUT2D eigenvalue weighted by atomic mass is 16.3. The quantitative estimate of drug-likeness (QED) is 0.602. The molecule has 0 saturated carbocycles. The number of aliphatic hydroxyl groups excluding tert-OH is 1. The van der Waals surface area contributed by atoms with Crippen LogP contribution in [0.2, 0.25) is 0 Å². The molecule has 1 aliphatic rings. The van der Waals surface area contributed by atoms with Gasteiger partial charge in [-0.25, -0.2) is 0 Å². The number of hydrogen-bond donors (Lipinski definition) is 1. The highest BCUT2D eigenvalue weighted by Crippen LogP contribution is 2.22. The van der Waals surface area contributed by atoms with Crippen LogP contribution in [0.25, 0.3) is 0 Å². The van der Waals surface area contributed by atoms with Crippen molar-refractivity contribution in [1.29, 1.82) is 0 Å². The summed E-state index contributed by atoms with van der Waals surface area (Å²) >= 11 is 0. The maximum atomic E-state index is 9.58. The first-order valence-electron chi connectivity index (χ1n) is 4.24. The summed E-state index contributed by atoms with van der Waals surface area (Å²) in [6.45, 7) is 5.61. The summed E-state index contributed by atoms with van der Waals surface area (Å²) in [4.78, 5) is 0. The number of rotatable bonds is 2. The van der Waals surface area contributed by atoms with Gasteiger partial charge in [-0.2, -0.15) is 0 Å². The molecule has 1 N–H and O–H groups in total. The van der Waals surface area contributed by atoms with Crippen LogP contribution in [-0.4, -0.2) is 11.2 Å². The zero-order chi connectivity index (χ0) is 8.27. The highest BCUT2D eigenvalue weighted by molar-refractivity contribution is 5.20. The van der Waals surface area contributed by atoms with E-state index >= 15 is 0 Å². The minimum Gasteiger partial charge on any atom is -0.384 e. The SMILES string of the molecule is C=C(C)C(O)C1=CCCCC1. The second-order valence-electron chi connectivity index (χ2n) is 3.27. The lowest BCUT2D eigenvalue weighted by Gasteiger charge is -2.18. The van der Waals surface area contributed by atoms with Crippen LogP contribution in [0, 0.1) is 0 Å². The van der Waals surface area contributed by atoms with Crippen LogP contribution in [-0.2, 0) is 0 Å². The predicted octanol–water partition coefficient (Wildman–Crippen LogP) is 2.42. The number of aliphatic hydroxyl groups is 1. The minimum absolute atomic E-state index is 0.379. The summed E-state index contributed by atoms with van der Waals surface area (Å²) in [7, 11) is 0. The molecule has 0 radical (unpaired) electrons. The van der Waals surface area contributed by atoms with Gasteiger partial charge in [0.2, 0.25) is 0 Å². The summed E-state index contributed by atoms with van der Waals surface area (Å²) in [5.41, 5.74) is 2.03. The Morgan fingerprint density at radius 2 is 2.36 bits per heavy atom. The molecule has 1 heteroatoms. The lowest BCUT2D eigenvalue weighted by atomic mass is 9.93. The van der Waals surface area contributed by atoms with E-state index in [0.717, 1.165) is 18.4 Å². The summed E-state index contributed by atoms with van der Waals surface area (Å²) < 4.78 is 0. The van der Waals surface area contributed by atoms with Gasteiger partial charge in [0.1, 0.15) is 0 Å². The molecule has 0 fully saturated rings. The van der Waals surface area contributed by atoms with E-state index in [1.54, 1.807) is 0 Å². The van der Waals surface area contributed by atoms with Crippen LogP contribution in [0.5, 0.6) is 0 Å². The number of allylic oxidation sites excluding steroid dienone is 1. The second-order valence-corrected chi connectivity index (χ2v) is 3.27. The number of hydrogen-bond acceptors (Lipinski definition) is 1. The highest BCUT2D eigenvalue weighted by Gasteiger charge is 2.12. The van der Waals surface area contributed by atoms with Crippen molar-refractivity contribution in [1.82, 2.24) is 0 Å². The van der Waals surface area contributed by atoms with Gasteiger partial charge in [-0.1, -0.05) is 12.7 Å². The first-order valence-corrected chi connectivity index (χ1v) is 4.24. The van der Waals surface area contributed by atoms with Gasteiger partial charge in [0.15, 0.2) is 0 Å². The Kier molecular flexibility index (Phi) is 2.89. The molecule has 1 rings (SSSR count). The Balaban J connectivity index is 2.58. The molecule has 0 aromatic carbocycles. The molecular weight excluding hydrogens is 136 g/mol. The lowest BCUT2D eigenvalue weighted by Crippen LogP contribution is -2.12. The largest absolute Gasteiger partial charge is 0.384 e. The van der Waals surface area contributed by atoms with Crippen LogP contribution < -0.4 is 0 Å². The Labute approximate surface area is 68.4 Å². The van der Waals surface area contributed by atoms with Crippen molar-refractivity contribution in [2.45, 2.75) is 38.7 Å². The molecular formula is C10H16O. The van der Waals surface area contributed by atoms with E-state index in [2.05, 4.69) is 12.7 Å². The molecule has 0 bridgehead atoms. The van der Waals surface area contributed by atoms with E-state index in [9.17, 15) is 5.11 Å². The van der Waals surface area contributed by atoms with E-state index in [1.165, 1.54) is 18.4 Å².